The standard InChI is InChI=1S/C27H39N3O/c1-20(2)28-27(31)26-17-25(29-24-12-6-4-3-5-7-13-24)19-30(26)18-21-14-15-22-10-8-9-11-23(22)16-21/h8-11,14-16,20,24-26,29H,3-7,12-13,17-19H2,1-2H3,(H,28,31)/t25-,26-/m0/s1. The van der Waals surface area contributed by atoms with E-state index in [2.05, 4.69) is 58.0 Å². The number of carbonyl (C=O) groups excluding carboxylic acids is 1. The van der Waals surface area contributed by atoms with E-state index in [1.807, 2.05) is 13.8 Å². The van der Waals surface area contributed by atoms with E-state index in [1.165, 1.54) is 61.3 Å². The lowest BCUT2D eigenvalue weighted by molar-refractivity contribution is -0.126. The highest BCUT2D eigenvalue weighted by Gasteiger charge is 2.37. The summed E-state index contributed by atoms with van der Waals surface area (Å²) in [6.07, 6.45) is 10.3. The molecule has 1 amide bonds. The molecule has 1 saturated carbocycles. The minimum Gasteiger partial charge on any atom is -0.353 e. The highest BCUT2D eigenvalue weighted by Crippen LogP contribution is 2.25. The molecule has 1 aliphatic carbocycles. The molecular weight excluding hydrogens is 382 g/mol. The van der Waals surface area contributed by atoms with Crippen LogP contribution in [0.4, 0.5) is 0 Å². The Balaban J connectivity index is 1.46. The van der Waals surface area contributed by atoms with Crippen molar-refractivity contribution in [1.29, 1.82) is 0 Å². The van der Waals surface area contributed by atoms with E-state index in [1.54, 1.807) is 0 Å². The number of amides is 1. The van der Waals surface area contributed by atoms with Crippen molar-refractivity contribution in [3.05, 3.63) is 48.0 Å². The lowest BCUT2D eigenvalue weighted by Crippen LogP contribution is -2.45. The van der Waals surface area contributed by atoms with E-state index in [4.69, 9.17) is 0 Å². The molecular formula is C27H39N3O. The summed E-state index contributed by atoms with van der Waals surface area (Å²) in [5, 5.41) is 9.65. The first kappa shape index (κ1) is 22.3. The van der Waals surface area contributed by atoms with E-state index in [-0.39, 0.29) is 18.0 Å². The van der Waals surface area contributed by atoms with Crippen LogP contribution in [0, 0.1) is 0 Å². The van der Waals surface area contributed by atoms with Crippen LogP contribution in [0.25, 0.3) is 10.8 Å². The van der Waals surface area contributed by atoms with Crippen molar-refractivity contribution in [2.24, 2.45) is 0 Å². The number of hydrogen-bond acceptors (Lipinski definition) is 3. The second kappa shape index (κ2) is 10.6. The average Bonchev–Trinajstić information content (AvgIpc) is 3.11. The van der Waals surface area contributed by atoms with E-state index < -0.39 is 0 Å². The Morgan fingerprint density at radius 2 is 1.68 bits per heavy atom. The smallest absolute Gasteiger partial charge is 0.237 e. The number of likely N-dealkylation sites (tertiary alicyclic amines) is 1. The Labute approximate surface area is 187 Å². The molecule has 168 valence electrons. The van der Waals surface area contributed by atoms with Crippen LogP contribution >= 0.6 is 0 Å². The van der Waals surface area contributed by atoms with Crippen LogP contribution in [0.1, 0.15) is 70.8 Å². The average molecular weight is 422 g/mol. The SMILES string of the molecule is CC(C)NC(=O)[C@@H]1C[C@H](NC2CCCCCCC2)CN1Cc1ccc2ccccc2c1. The lowest BCUT2D eigenvalue weighted by atomic mass is 9.96. The van der Waals surface area contributed by atoms with Crippen LogP contribution < -0.4 is 10.6 Å². The van der Waals surface area contributed by atoms with E-state index in [0.717, 1.165) is 19.5 Å². The molecule has 1 saturated heterocycles. The second-order valence-electron chi connectivity index (χ2n) is 9.93. The Morgan fingerprint density at radius 1 is 0.968 bits per heavy atom. The maximum Gasteiger partial charge on any atom is 0.237 e. The third kappa shape index (κ3) is 6.08. The zero-order valence-electron chi connectivity index (χ0n) is 19.3. The summed E-state index contributed by atoms with van der Waals surface area (Å²) in [4.78, 5) is 15.4. The minimum atomic E-state index is -0.0556. The van der Waals surface area contributed by atoms with Crippen LogP contribution in [-0.4, -0.2) is 41.5 Å². The number of carbonyl (C=O) groups is 1. The van der Waals surface area contributed by atoms with E-state index in [9.17, 15) is 4.79 Å². The third-order valence-corrected chi connectivity index (χ3v) is 6.91. The molecule has 0 radical (unpaired) electrons. The summed E-state index contributed by atoms with van der Waals surface area (Å²) in [5.74, 6) is 0.178. The Kier molecular flexibility index (Phi) is 7.62. The summed E-state index contributed by atoms with van der Waals surface area (Å²) < 4.78 is 0. The fraction of sp³-hybridized carbons (Fsp3) is 0.593. The van der Waals surface area contributed by atoms with Crippen molar-refractivity contribution in [2.75, 3.05) is 6.54 Å². The van der Waals surface area contributed by atoms with Gasteiger partial charge in [0.05, 0.1) is 6.04 Å². The van der Waals surface area contributed by atoms with Gasteiger partial charge in [-0.05, 0) is 55.5 Å². The van der Waals surface area contributed by atoms with Gasteiger partial charge in [0, 0.05) is 31.2 Å². The summed E-state index contributed by atoms with van der Waals surface area (Å²) in [6, 6.07) is 16.3. The number of benzene rings is 2. The van der Waals surface area contributed by atoms with Crippen LogP contribution in [0.2, 0.25) is 0 Å². The van der Waals surface area contributed by atoms with Crippen LogP contribution in [-0.2, 0) is 11.3 Å². The van der Waals surface area contributed by atoms with Crippen molar-refractivity contribution in [3.63, 3.8) is 0 Å². The van der Waals surface area contributed by atoms with Crippen LogP contribution in [0.3, 0.4) is 0 Å². The van der Waals surface area contributed by atoms with Crippen molar-refractivity contribution < 1.29 is 4.79 Å². The fourth-order valence-electron chi connectivity index (χ4n) is 5.38. The van der Waals surface area contributed by atoms with Gasteiger partial charge >= 0.3 is 0 Å². The van der Waals surface area contributed by atoms with Crippen molar-refractivity contribution >= 4 is 16.7 Å². The second-order valence-corrected chi connectivity index (χ2v) is 9.93. The third-order valence-electron chi connectivity index (χ3n) is 6.91. The van der Waals surface area contributed by atoms with Gasteiger partial charge in [-0.2, -0.15) is 0 Å². The van der Waals surface area contributed by atoms with Gasteiger partial charge in [-0.1, -0.05) is 68.5 Å². The van der Waals surface area contributed by atoms with Gasteiger partial charge in [0.25, 0.3) is 0 Å². The normalized spacial score (nSPS) is 23.7. The van der Waals surface area contributed by atoms with Crippen LogP contribution in [0.5, 0.6) is 0 Å². The summed E-state index contributed by atoms with van der Waals surface area (Å²) in [5.41, 5.74) is 1.28. The molecule has 2 atom stereocenters. The zero-order chi connectivity index (χ0) is 21.6. The van der Waals surface area contributed by atoms with E-state index in [0.29, 0.717) is 12.1 Å². The monoisotopic (exact) mass is 421 g/mol. The largest absolute Gasteiger partial charge is 0.353 e. The molecule has 4 rings (SSSR count). The van der Waals surface area contributed by atoms with Gasteiger partial charge in [0.15, 0.2) is 0 Å². The molecule has 2 aromatic rings. The fourth-order valence-corrected chi connectivity index (χ4v) is 5.38. The van der Waals surface area contributed by atoms with Gasteiger partial charge in [-0.25, -0.2) is 0 Å². The maximum atomic E-state index is 13.0. The predicted molar refractivity (Wildman–Crippen MR) is 129 cm³/mol. The number of fused-ring (bicyclic) bond motifs is 1. The molecule has 0 aromatic heterocycles. The summed E-state index contributed by atoms with van der Waals surface area (Å²) in [7, 11) is 0. The molecule has 0 bridgehead atoms. The summed E-state index contributed by atoms with van der Waals surface area (Å²) in [6.45, 7) is 5.86. The van der Waals surface area contributed by atoms with Crippen molar-refractivity contribution in [3.8, 4) is 0 Å². The topological polar surface area (TPSA) is 44.4 Å². The number of rotatable bonds is 6. The molecule has 2 fully saturated rings. The minimum absolute atomic E-state index is 0.0556. The highest BCUT2D eigenvalue weighted by molar-refractivity contribution is 5.83. The van der Waals surface area contributed by atoms with Gasteiger partial charge in [0.2, 0.25) is 5.91 Å². The van der Waals surface area contributed by atoms with E-state index >= 15 is 0 Å². The Morgan fingerprint density at radius 3 is 2.42 bits per heavy atom. The quantitative estimate of drug-likeness (QED) is 0.689. The Hall–Kier alpha value is -1.91. The molecule has 31 heavy (non-hydrogen) atoms. The molecule has 0 unspecified atom stereocenters. The van der Waals surface area contributed by atoms with Crippen LogP contribution in [0.15, 0.2) is 42.5 Å². The summed E-state index contributed by atoms with van der Waals surface area (Å²) >= 11 is 0. The number of hydrogen-bond donors (Lipinski definition) is 2. The molecule has 1 aliphatic heterocycles. The molecule has 4 nitrogen and oxygen atoms in total. The molecule has 2 aromatic carbocycles. The number of nitrogens with zero attached hydrogens (tertiary/aromatic N) is 1. The molecule has 4 heteroatoms. The van der Waals surface area contributed by atoms with Gasteiger partial charge in [0.1, 0.15) is 0 Å². The maximum absolute atomic E-state index is 13.0. The Bertz CT molecular complexity index is 856. The van der Waals surface area contributed by atoms with Crippen molar-refractivity contribution in [2.45, 2.75) is 95.9 Å². The highest BCUT2D eigenvalue weighted by atomic mass is 16.2. The van der Waals surface area contributed by atoms with Gasteiger partial charge in [-0.3, -0.25) is 9.69 Å². The van der Waals surface area contributed by atoms with Gasteiger partial charge < -0.3 is 10.6 Å². The molecule has 0 spiro atoms. The first-order valence-corrected chi connectivity index (χ1v) is 12.4. The van der Waals surface area contributed by atoms with Gasteiger partial charge in [-0.15, -0.1) is 0 Å². The van der Waals surface area contributed by atoms with Crippen molar-refractivity contribution in [1.82, 2.24) is 15.5 Å². The predicted octanol–water partition coefficient (Wildman–Crippen LogP) is 5.01. The lowest BCUT2D eigenvalue weighted by Gasteiger charge is -2.25. The molecule has 1 heterocycles. The first-order chi connectivity index (χ1) is 15.1. The first-order valence-electron chi connectivity index (χ1n) is 12.4. The zero-order valence-corrected chi connectivity index (χ0v) is 19.3. The molecule has 2 N–H and O–H groups in total. The number of nitrogens with one attached hydrogen (secondary N) is 2. The molecule has 2 aliphatic rings.